The van der Waals surface area contributed by atoms with Gasteiger partial charge in [0.2, 0.25) is 15.9 Å². The molecule has 3 aromatic rings. The number of benzene rings is 3. The summed E-state index contributed by atoms with van der Waals surface area (Å²) in [5.74, 6) is 0.372. The lowest BCUT2D eigenvalue weighted by molar-refractivity contribution is -0.122. The largest absolute Gasteiger partial charge is 0.492 e. The highest BCUT2D eigenvalue weighted by molar-refractivity contribution is 7.92. The van der Waals surface area contributed by atoms with Crippen LogP contribution in [0.4, 0.5) is 5.69 Å². The molecule has 1 amide bonds. The van der Waals surface area contributed by atoms with Crippen molar-refractivity contribution in [3.63, 3.8) is 0 Å². The number of anilines is 1. The van der Waals surface area contributed by atoms with Crippen molar-refractivity contribution >= 4 is 32.4 Å². The van der Waals surface area contributed by atoms with Gasteiger partial charge in [0, 0.05) is 0 Å². The molecule has 0 aliphatic heterocycles. The van der Waals surface area contributed by atoms with Crippen molar-refractivity contribution < 1.29 is 17.9 Å². The fourth-order valence-corrected chi connectivity index (χ4v) is 5.05. The first kappa shape index (κ1) is 23.6. The van der Waals surface area contributed by atoms with Crippen LogP contribution in [0.5, 0.6) is 5.75 Å². The summed E-state index contributed by atoms with van der Waals surface area (Å²) < 4.78 is 32.2. The molecule has 1 unspecified atom stereocenters. The summed E-state index contributed by atoms with van der Waals surface area (Å²) in [4.78, 5) is 12.9. The highest BCUT2D eigenvalue weighted by Crippen LogP contribution is 2.25. The van der Waals surface area contributed by atoms with Gasteiger partial charge in [-0.15, -0.1) is 0 Å². The van der Waals surface area contributed by atoms with E-state index in [1.54, 1.807) is 19.1 Å². The number of nitrogens with one attached hydrogen (secondary N) is 1. The fourth-order valence-electron chi connectivity index (χ4n) is 3.86. The van der Waals surface area contributed by atoms with E-state index >= 15 is 0 Å². The Morgan fingerprint density at radius 3 is 2.28 bits per heavy atom. The van der Waals surface area contributed by atoms with Gasteiger partial charge in [-0.1, -0.05) is 43.3 Å². The van der Waals surface area contributed by atoms with Crippen LogP contribution in [-0.4, -0.2) is 39.8 Å². The third-order valence-corrected chi connectivity index (χ3v) is 6.36. The minimum absolute atomic E-state index is 0.270. The lowest BCUT2D eigenvalue weighted by Gasteiger charge is -2.30. The van der Waals surface area contributed by atoms with Crippen molar-refractivity contribution in [1.29, 1.82) is 0 Å². The number of carbonyl (C=O) groups is 1. The first-order chi connectivity index (χ1) is 15.2. The third kappa shape index (κ3) is 5.79. The highest BCUT2D eigenvalue weighted by atomic mass is 32.2. The van der Waals surface area contributed by atoms with E-state index in [2.05, 4.69) is 5.32 Å². The van der Waals surface area contributed by atoms with Gasteiger partial charge in [-0.25, -0.2) is 8.42 Å². The molecule has 0 spiro atoms. The molecule has 0 saturated carbocycles. The Morgan fingerprint density at radius 1 is 1.00 bits per heavy atom. The van der Waals surface area contributed by atoms with Gasteiger partial charge >= 0.3 is 0 Å². The molecular formula is C25H30N2O4S. The molecule has 0 saturated heterocycles. The van der Waals surface area contributed by atoms with E-state index in [1.807, 2.05) is 62.4 Å². The molecule has 0 aromatic heterocycles. The topological polar surface area (TPSA) is 75.7 Å². The zero-order valence-electron chi connectivity index (χ0n) is 19.0. The normalized spacial score (nSPS) is 12.4. The zero-order chi connectivity index (χ0) is 23.3. The van der Waals surface area contributed by atoms with E-state index in [9.17, 15) is 13.2 Å². The second-order valence-corrected chi connectivity index (χ2v) is 9.84. The Labute approximate surface area is 190 Å². The Kier molecular flexibility index (Phi) is 7.40. The van der Waals surface area contributed by atoms with Crippen molar-refractivity contribution in [3.8, 4) is 5.75 Å². The minimum atomic E-state index is -3.66. The van der Waals surface area contributed by atoms with E-state index in [1.165, 1.54) is 4.31 Å². The molecular weight excluding hydrogens is 424 g/mol. The Bertz CT molecular complexity index is 1190. The van der Waals surface area contributed by atoms with Crippen LogP contribution >= 0.6 is 0 Å². The first-order valence-electron chi connectivity index (χ1n) is 10.7. The van der Waals surface area contributed by atoms with E-state index < -0.39 is 16.1 Å². The summed E-state index contributed by atoms with van der Waals surface area (Å²) in [6.45, 7) is 6.16. The summed E-state index contributed by atoms with van der Waals surface area (Å²) >= 11 is 0. The fraction of sp³-hybridized carbons (Fsp3) is 0.320. The van der Waals surface area contributed by atoms with Crippen LogP contribution in [0.3, 0.4) is 0 Å². The van der Waals surface area contributed by atoms with Crippen LogP contribution < -0.4 is 14.4 Å². The number of hydrogen-bond acceptors (Lipinski definition) is 4. The molecule has 0 radical (unpaired) electrons. The van der Waals surface area contributed by atoms with E-state index in [0.29, 0.717) is 12.1 Å². The molecule has 3 rings (SSSR count). The molecule has 32 heavy (non-hydrogen) atoms. The Hall–Kier alpha value is -3.06. The Morgan fingerprint density at radius 2 is 1.66 bits per heavy atom. The van der Waals surface area contributed by atoms with Crippen LogP contribution in [0, 0.1) is 13.8 Å². The Balaban J connectivity index is 1.66. The van der Waals surface area contributed by atoms with Gasteiger partial charge in [0.25, 0.3) is 0 Å². The number of rotatable bonds is 9. The third-order valence-electron chi connectivity index (χ3n) is 5.18. The van der Waals surface area contributed by atoms with Crippen LogP contribution in [0.1, 0.15) is 24.5 Å². The zero-order valence-corrected chi connectivity index (χ0v) is 19.8. The van der Waals surface area contributed by atoms with Crippen LogP contribution in [0.25, 0.3) is 10.8 Å². The predicted molar refractivity (Wildman–Crippen MR) is 130 cm³/mol. The van der Waals surface area contributed by atoms with Crippen LogP contribution in [0.2, 0.25) is 0 Å². The second kappa shape index (κ2) is 10.0. The lowest BCUT2D eigenvalue weighted by Crippen LogP contribution is -2.50. The average molecular weight is 455 g/mol. The number of hydrogen-bond donors (Lipinski definition) is 1. The molecule has 6 nitrogen and oxygen atoms in total. The number of sulfonamides is 1. The maximum absolute atomic E-state index is 12.9. The average Bonchev–Trinajstić information content (AvgIpc) is 2.73. The molecule has 0 aliphatic carbocycles. The van der Waals surface area contributed by atoms with Gasteiger partial charge in [-0.3, -0.25) is 9.10 Å². The van der Waals surface area contributed by atoms with Crippen LogP contribution in [-0.2, 0) is 14.8 Å². The molecule has 0 aliphatic rings. The number of aryl methyl sites for hydroxylation is 2. The molecule has 0 bridgehead atoms. The van der Waals surface area contributed by atoms with E-state index in [0.717, 1.165) is 33.9 Å². The van der Waals surface area contributed by atoms with E-state index in [4.69, 9.17) is 4.74 Å². The molecule has 1 N–H and O–H groups in total. The maximum Gasteiger partial charge on any atom is 0.244 e. The number of nitrogens with zero attached hydrogens (tertiary/aromatic N) is 1. The molecule has 0 fully saturated rings. The quantitative estimate of drug-likeness (QED) is 0.492. The SMILES string of the molecule is CCC(C(=O)NCCOc1ccc2ccccc2c1)N(c1cc(C)cc(C)c1)S(C)(=O)=O. The van der Waals surface area contributed by atoms with Crippen molar-refractivity contribution in [1.82, 2.24) is 5.32 Å². The number of fused-ring (bicyclic) bond motifs is 1. The summed E-state index contributed by atoms with van der Waals surface area (Å²) in [6, 6.07) is 18.5. The molecule has 7 heteroatoms. The van der Waals surface area contributed by atoms with Gasteiger partial charge < -0.3 is 10.1 Å². The monoisotopic (exact) mass is 454 g/mol. The second-order valence-electron chi connectivity index (χ2n) is 7.98. The summed E-state index contributed by atoms with van der Waals surface area (Å²) in [5, 5.41) is 5.03. The molecule has 0 heterocycles. The van der Waals surface area contributed by atoms with Gasteiger partial charge in [-0.2, -0.15) is 0 Å². The first-order valence-corrected chi connectivity index (χ1v) is 12.5. The van der Waals surface area contributed by atoms with Gasteiger partial charge in [0.15, 0.2) is 0 Å². The number of carbonyl (C=O) groups excluding carboxylic acids is 1. The van der Waals surface area contributed by atoms with E-state index in [-0.39, 0.29) is 19.1 Å². The lowest BCUT2D eigenvalue weighted by atomic mass is 10.1. The number of amides is 1. The maximum atomic E-state index is 12.9. The number of ether oxygens (including phenoxy) is 1. The van der Waals surface area contributed by atoms with Crippen molar-refractivity contribution in [2.24, 2.45) is 0 Å². The van der Waals surface area contributed by atoms with Gasteiger partial charge in [0.05, 0.1) is 18.5 Å². The summed E-state index contributed by atoms with van der Waals surface area (Å²) in [6.07, 6.45) is 1.47. The molecule has 3 aromatic carbocycles. The van der Waals surface area contributed by atoms with Crippen molar-refractivity contribution in [3.05, 3.63) is 71.8 Å². The molecule has 1 atom stereocenters. The van der Waals surface area contributed by atoms with Crippen molar-refractivity contribution in [2.45, 2.75) is 33.2 Å². The van der Waals surface area contributed by atoms with Crippen LogP contribution in [0.15, 0.2) is 60.7 Å². The van der Waals surface area contributed by atoms with Crippen molar-refractivity contribution in [2.75, 3.05) is 23.7 Å². The standard InChI is InChI=1S/C25H30N2O4S/c1-5-24(27(32(4,29)30)22-15-18(2)14-19(3)16-22)25(28)26-12-13-31-23-11-10-20-8-6-7-9-21(20)17-23/h6-11,14-17,24H,5,12-13H2,1-4H3,(H,26,28). The summed E-state index contributed by atoms with van der Waals surface area (Å²) in [5.41, 5.74) is 2.37. The predicted octanol–water partition coefficient (Wildman–Crippen LogP) is 4.20. The smallest absolute Gasteiger partial charge is 0.244 e. The highest BCUT2D eigenvalue weighted by Gasteiger charge is 2.31. The molecule has 170 valence electrons. The summed E-state index contributed by atoms with van der Waals surface area (Å²) in [7, 11) is -3.66. The minimum Gasteiger partial charge on any atom is -0.492 e. The van der Waals surface area contributed by atoms with Gasteiger partial charge in [0.1, 0.15) is 18.4 Å². The van der Waals surface area contributed by atoms with Gasteiger partial charge in [-0.05, 0) is 66.4 Å².